The van der Waals surface area contributed by atoms with Gasteiger partial charge in [-0.3, -0.25) is 29.0 Å². The standard InChI is InChI=1S/C31H39F2N7O2.C30H37F2N7O2.C28H34F2N6O2.C21H24FN5OS/c1-5-18(2)40-15-22(7-6-19(40)3)36-30-28(33)24-13-34-31(41)27(24)29(37-30)35-21-8-9-26(25(32)12-21)39-11-10-38(14-20(39)4)23-16-42-17-23;1-4-18(2)37-9-5-6-21(15-37)35-29-27(32)23-13-33-30(40)26(23)28(36-29)34-20-7-8-25(24(31)12-20)39-11-10-38(14-19(39)3)22-16-41-17-22;1-5-17(2)36-16-20(8-6-18(36)3)34(4)27-25(30)21-15-31-28(37)24(21)26(33-27)32-19-7-9-23(22(29)14-19)35-10-12-38-13-11-35;1-5-12(2)27-8-6-7-14(11-27)26(4)20-18(22)15-9-24-21(28)17(15)19(25-20)16-10-23-13(3)29-16/h5,8-9,12,19-20,22-23H,1-2,6-7,10-11,13-17H2,3-4H3,(H,34,41)(H2,35,36,37);4,7-8,12,19,21-22H,1-2,5-6,9-11,13-17H2,3H3,(H,33,40)(H2,34,35,36);5,7,9,14,18,20H,1-2,6,8,10-13,15-16H2,3-4H3,(H,31,37)(H,32,33);5,10,14H,1-2,6-9,11H2,3-4H3,(H,24,28)/t19-,20-,22+;19-,21+;18-,20+;14-/m0001/s1. The summed E-state index contributed by atoms with van der Waals surface area (Å²) in [6.07, 6.45) is 15.8. The zero-order valence-corrected chi connectivity index (χ0v) is 87.0. The number of hydrogen-bond acceptors (Lipinski definition) is 29. The Labute approximate surface area is 875 Å². The molecule has 150 heavy (non-hydrogen) atoms. The Morgan fingerprint density at radius 3 is 1.29 bits per heavy atom. The van der Waals surface area contributed by atoms with E-state index in [1.165, 1.54) is 29.5 Å². The van der Waals surface area contributed by atoms with Crippen LogP contribution >= 0.6 is 11.3 Å². The number of ether oxygens (including phenoxy) is 3. The Morgan fingerprint density at radius 2 is 0.847 bits per heavy atom. The zero-order chi connectivity index (χ0) is 106. The molecule has 5 aromatic heterocycles. The van der Waals surface area contributed by atoms with E-state index in [1.807, 2.05) is 35.7 Å². The molecule has 18 heterocycles. The van der Waals surface area contributed by atoms with Gasteiger partial charge in [-0.05, 0) is 165 Å². The lowest BCUT2D eigenvalue weighted by atomic mass is 9.97. The van der Waals surface area contributed by atoms with E-state index in [1.54, 1.807) is 66.9 Å². The lowest BCUT2D eigenvalue weighted by Crippen LogP contribution is -2.59. The Balaban J connectivity index is 0.000000132. The van der Waals surface area contributed by atoms with Crippen molar-refractivity contribution in [2.75, 3.05) is 196 Å². The number of carbonyl (C=O) groups excluding carboxylic acids is 4. The third kappa shape index (κ3) is 22.4. The summed E-state index contributed by atoms with van der Waals surface area (Å²) in [5.41, 5.74) is 8.62. The maximum Gasteiger partial charge on any atom is 0.255 e. The molecule has 0 radical (unpaired) electrons. The van der Waals surface area contributed by atoms with Crippen LogP contribution in [-0.2, 0) is 40.4 Å². The van der Waals surface area contributed by atoms with Crippen LogP contribution in [0.25, 0.3) is 10.6 Å². The number of morpholine rings is 1. The number of amides is 4. The molecular weight excluding hydrogens is 1950 g/mol. The van der Waals surface area contributed by atoms with Crippen molar-refractivity contribution in [3.8, 4) is 10.6 Å². The van der Waals surface area contributed by atoms with Crippen LogP contribution in [0.1, 0.15) is 148 Å². The van der Waals surface area contributed by atoms with Crippen molar-refractivity contribution in [2.24, 2.45) is 0 Å². The molecule has 9 fully saturated rings. The number of aromatic nitrogens is 5. The predicted molar refractivity (Wildman–Crippen MR) is 574 cm³/mol. The predicted octanol–water partition coefficient (Wildman–Crippen LogP) is 15.7. The molecule has 0 saturated carbocycles. The van der Waals surface area contributed by atoms with Crippen LogP contribution in [-0.4, -0.2) is 284 Å². The monoisotopic (exact) mass is 2080 g/mol. The summed E-state index contributed by atoms with van der Waals surface area (Å²) in [6, 6.07) is 16.4. The number of likely N-dealkylation sites (tertiary alicyclic amines) is 4. The number of fused-ring (bicyclic) bond motifs is 4. The number of benzene rings is 3. The van der Waals surface area contributed by atoms with Gasteiger partial charge in [0.1, 0.15) is 34.9 Å². The van der Waals surface area contributed by atoms with Crippen molar-refractivity contribution in [3.05, 3.63) is 251 Å². The maximum atomic E-state index is 15.7. The third-order valence-electron chi connectivity index (χ3n) is 31.1. The first-order valence-corrected chi connectivity index (χ1v) is 52.5. The number of piperazine rings is 2. The first-order valence-electron chi connectivity index (χ1n) is 51.7. The van der Waals surface area contributed by atoms with E-state index < -0.39 is 46.8 Å². The van der Waals surface area contributed by atoms with E-state index in [0.717, 1.165) is 169 Å². The molecule has 9 N–H and O–H groups in total. The summed E-state index contributed by atoms with van der Waals surface area (Å²) < 4.78 is 124. The average molecular weight is 2080 g/mol. The number of allylic oxidation sites excluding steroid dienone is 4. The van der Waals surface area contributed by atoms with E-state index in [0.29, 0.717) is 121 Å². The topological polar surface area (TPSA) is 304 Å². The summed E-state index contributed by atoms with van der Waals surface area (Å²) in [7, 11) is 3.69. The zero-order valence-electron chi connectivity index (χ0n) is 86.2. The number of rotatable bonds is 28. The van der Waals surface area contributed by atoms with Gasteiger partial charge in [-0.1, -0.05) is 52.6 Å². The number of piperidine rings is 4. The maximum absolute atomic E-state index is 15.7. The van der Waals surface area contributed by atoms with Crippen LogP contribution in [0.2, 0.25) is 0 Å². The Kier molecular flexibility index (Phi) is 32.5. The molecule has 8 atom stereocenters. The average Bonchev–Trinajstić information content (AvgIpc) is 1.14. The number of thiazole rings is 1. The third-order valence-corrected chi connectivity index (χ3v) is 32.0. The van der Waals surface area contributed by atoms with E-state index >= 15 is 30.7 Å². The fourth-order valence-corrected chi connectivity index (χ4v) is 22.9. The van der Waals surface area contributed by atoms with Crippen LogP contribution in [0.4, 0.5) is 106 Å². The fraction of sp³-hybridized carbons (Fsp3) is 0.445. The van der Waals surface area contributed by atoms with E-state index in [9.17, 15) is 19.2 Å². The molecule has 0 spiro atoms. The van der Waals surface area contributed by atoms with Gasteiger partial charge in [0, 0.05) is 249 Å². The van der Waals surface area contributed by atoms with Crippen LogP contribution in [0.15, 0.2) is 161 Å². The number of anilines is 13. The van der Waals surface area contributed by atoms with Crippen molar-refractivity contribution >= 4 is 110 Å². The van der Waals surface area contributed by atoms with Crippen molar-refractivity contribution in [2.45, 2.75) is 173 Å². The Bertz CT molecular complexity index is 6560. The molecule has 8 aromatic rings. The van der Waals surface area contributed by atoms with Crippen LogP contribution in [0.3, 0.4) is 0 Å². The van der Waals surface area contributed by atoms with Gasteiger partial charge in [-0.25, -0.2) is 55.7 Å². The smallest absolute Gasteiger partial charge is 0.255 e. The molecular formula is C110H134F7N25O7S. The number of hydrogen-bond donors (Lipinski definition) is 9. The van der Waals surface area contributed by atoms with Gasteiger partial charge in [0.25, 0.3) is 23.6 Å². The normalized spacial score (nSPS) is 22.1. The number of pyridine rings is 4. The highest BCUT2D eigenvalue weighted by Crippen LogP contribution is 2.44. The Hall–Kier alpha value is -13.8. The highest BCUT2D eigenvalue weighted by atomic mass is 32.1. The van der Waals surface area contributed by atoms with Gasteiger partial charge in [-0.15, -0.1) is 11.3 Å². The lowest BCUT2D eigenvalue weighted by molar-refractivity contribution is -0.0692. The van der Waals surface area contributed by atoms with Gasteiger partial charge in [0.15, 0.2) is 46.5 Å². The largest absolute Gasteiger partial charge is 0.378 e. The van der Waals surface area contributed by atoms with Crippen molar-refractivity contribution < 1.29 is 64.1 Å². The van der Waals surface area contributed by atoms with Gasteiger partial charge >= 0.3 is 0 Å². The molecule has 13 aliphatic heterocycles. The van der Waals surface area contributed by atoms with Crippen LogP contribution in [0, 0.1) is 47.6 Å². The number of aryl methyl sites for hydroxylation is 1. The number of nitrogens with zero attached hydrogens (tertiary/aromatic N) is 16. The second-order valence-electron chi connectivity index (χ2n) is 40.6. The SMILES string of the molecule is C=CC(=C)N1CCC[C@@H](N(C)c2nc(-c3cnc(C)s3)c3c(c2F)CNC3=O)C1.C=CC(=C)N1CCC[C@@H](Nc2nc(Nc3ccc(N4CCN(C5COC5)C[C@@H]4C)c(F)c3)c3c(c2F)CNC3=O)C1.C=CC(=C)N1C[C@H](N(C)c2nc(Nc3ccc(N4CCOCC4)c(F)c3)c3c(c2F)CNC3=O)CC[C@@H]1C.C=CC(=C)N1C[C@H](Nc2nc(Nc3ccc(N4CCN(C5COC5)C[C@@H]4C)c(F)c3)c3c(c2F)CNC3=O)CC[C@@H]1C. The molecule has 40 heteroatoms. The number of likely N-dealkylation sites (N-methyl/N-ethyl adjacent to an activating group) is 2. The van der Waals surface area contributed by atoms with Gasteiger partial charge in [0.05, 0.1) is 107 Å². The van der Waals surface area contributed by atoms with Crippen LogP contribution < -0.4 is 72.4 Å². The molecule has 0 bridgehead atoms. The summed E-state index contributed by atoms with van der Waals surface area (Å²) in [5.74, 6) is -3.54. The minimum Gasteiger partial charge on any atom is -0.378 e. The second-order valence-corrected chi connectivity index (χ2v) is 41.8. The lowest BCUT2D eigenvalue weighted by Gasteiger charge is -2.46. The molecule has 0 unspecified atom stereocenters. The van der Waals surface area contributed by atoms with E-state index in [2.05, 4.69) is 192 Å². The molecule has 32 nitrogen and oxygen atoms in total. The summed E-state index contributed by atoms with van der Waals surface area (Å²) in [6.45, 7) is 57.0. The quantitative estimate of drug-likeness (QED) is 0.0163. The number of halogens is 7. The van der Waals surface area contributed by atoms with E-state index in [-0.39, 0.29) is 154 Å². The molecule has 9 saturated heterocycles. The molecule has 4 amide bonds. The highest BCUT2D eigenvalue weighted by molar-refractivity contribution is 7.15. The summed E-state index contributed by atoms with van der Waals surface area (Å²) in [4.78, 5) is 96.9. The molecule has 21 rings (SSSR count). The highest BCUT2D eigenvalue weighted by Gasteiger charge is 2.43. The van der Waals surface area contributed by atoms with E-state index in [4.69, 9.17) is 14.2 Å². The van der Waals surface area contributed by atoms with Crippen molar-refractivity contribution in [1.82, 2.24) is 75.6 Å². The fourth-order valence-electron chi connectivity index (χ4n) is 22.1. The first kappa shape index (κ1) is 106. The number of nitrogens with one attached hydrogen (secondary N) is 9. The Morgan fingerprint density at radius 1 is 0.433 bits per heavy atom. The van der Waals surface area contributed by atoms with Gasteiger partial charge < -0.3 is 106 Å². The van der Waals surface area contributed by atoms with Crippen molar-refractivity contribution in [1.29, 1.82) is 0 Å². The molecule has 0 aliphatic carbocycles. The second kappa shape index (κ2) is 45.9. The van der Waals surface area contributed by atoms with Gasteiger partial charge in [0.2, 0.25) is 0 Å². The van der Waals surface area contributed by atoms with Crippen LogP contribution in [0.5, 0.6) is 0 Å². The van der Waals surface area contributed by atoms with Crippen molar-refractivity contribution in [3.63, 3.8) is 0 Å². The summed E-state index contributed by atoms with van der Waals surface area (Å²) in [5, 5.41) is 27.5. The summed E-state index contributed by atoms with van der Waals surface area (Å²) >= 11 is 1.45. The minimum absolute atomic E-state index is 0.0221. The number of carbonyl (C=O) groups is 4. The van der Waals surface area contributed by atoms with Gasteiger partial charge in [-0.2, -0.15) is 0 Å². The molecule has 796 valence electrons. The molecule has 3 aromatic carbocycles. The minimum atomic E-state index is -0.551. The molecule has 13 aliphatic rings. The first-order chi connectivity index (χ1) is 72.2.